The molecule has 1 aliphatic carbocycles. The maximum atomic E-state index is 13.3. The minimum absolute atomic E-state index is 0.101. The number of quaternary nitrogens is 1. The van der Waals surface area contributed by atoms with Crippen molar-refractivity contribution in [2.45, 2.75) is 10.7 Å². The molecule has 3 N–H and O–H groups in total. The number of hydrogen-bond acceptors (Lipinski definition) is 7. The number of aliphatic hydroxyl groups excluding tert-OH is 1. The van der Waals surface area contributed by atoms with Gasteiger partial charge in [0.15, 0.2) is 5.70 Å². The standard InChI is InChI=1S/C22H24N2O7S/c1-29-15-7-8-19(30-2)20(13-15)32(27,28)23-18-14-21-22(26,17-6-4-3-5-16(17)18)31-12-10-24(21)9-11-25/h3-8,13-14,25-26H,9-12H2,1-2H3/p+1/t22-/m1/s1. The van der Waals surface area contributed by atoms with E-state index in [0.717, 1.165) is 4.90 Å². The highest BCUT2D eigenvalue weighted by Gasteiger charge is 2.49. The molecule has 1 aliphatic heterocycles. The van der Waals surface area contributed by atoms with Gasteiger partial charge in [-0.1, -0.05) is 24.3 Å². The van der Waals surface area contributed by atoms with Crippen LogP contribution in [0.5, 0.6) is 11.5 Å². The SMILES string of the molecule is COc1ccc(OC)c(S(=O)(=O)N=C2C=C3[NH+](CCO)CCO[C@]3(O)c3ccccc32)c1. The number of hydrogen-bond donors (Lipinski definition) is 3. The van der Waals surface area contributed by atoms with Crippen molar-refractivity contribution in [1.82, 2.24) is 0 Å². The van der Waals surface area contributed by atoms with Gasteiger partial charge in [0.25, 0.3) is 15.8 Å². The number of rotatable bonds is 6. The van der Waals surface area contributed by atoms with Gasteiger partial charge in [-0.15, -0.1) is 0 Å². The number of benzene rings is 2. The zero-order chi connectivity index (χ0) is 22.9. The molecule has 1 fully saturated rings. The van der Waals surface area contributed by atoms with Crippen molar-refractivity contribution < 1.29 is 37.7 Å². The van der Waals surface area contributed by atoms with Crippen LogP contribution in [0.25, 0.3) is 0 Å². The molecule has 32 heavy (non-hydrogen) atoms. The number of nitrogens with zero attached hydrogens (tertiary/aromatic N) is 1. The summed E-state index contributed by atoms with van der Waals surface area (Å²) in [5, 5.41) is 20.9. The Hall–Kier alpha value is -2.76. The van der Waals surface area contributed by atoms with Gasteiger partial charge in [0, 0.05) is 23.3 Å². The first-order valence-corrected chi connectivity index (χ1v) is 11.5. The highest BCUT2D eigenvalue weighted by Crippen LogP contribution is 2.37. The lowest BCUT2D eigenvalue weighted by molar-refractivity contribution is -0.882. The van der Waals surface area contributed by atoms with E-state index < -0.39 is 15.8 Å². The summed E-state index contributed by atoms with van der Waals surface area (Å²) >= 11 is 0. The number of allylic oxidation sites excluding steroid dienone is 1. The Kier molecular flexibility index (Phi) is 6.06. The third-order valence-electron chi connectivity index (χ3n) is 5.59. The van der Waals surface area contributed by atoms with Gasteiger partial charge in [-0.05, 0) is 12.1 Å². The zero-order valence-electron chi connectivity index (χ0n) is 17.7. The van der Waals surface area contributed by atoms with Crippen LogP contribution in [0.3, 0.4) is 0 Å². The molecule has 2 atom stereocenters. The van der Waals surface area contributed by atoms with Crippen LogP contribution in [0.2, 0.25) is 0 Å². The van der Waals surface area contributed by atoms with Crippen molar-refractivity contribution >= 4 is 15.7 Å². The van der Waals surface area contributed by atoms with Crippen molar-refractivity contribution in [1.29, 1.82) is 0 Å². The largest absolute Gasteiger partial charge is 0.497 e. The smallest absolute Gasteiger partial charge is 0.286 e. The lowest BCUT2D eigenvalue weighted by Gasteiger charge is -2.41. The molecule has 1 unspecified atom stereocenters. The fraction of sp³-hybridized carbons (Fsp3) is 0.318. The minimum atomic E-state index is -4.21. The van der Waals surface area contributed by atoms with Gasteiger partial charge >= 0.3 is 0 Å². The summed E-state index contributed by atoms with van der Waals surface area (Å²) in [4.78, 5) is 0.655. The fourth-order valence-corrected chi connectivity index (χ4v) is 5.23. The van der Waals surface area contributed by atoms with E-state index in [2.05, 4.69) is 4.40 Å². The second-order valence-corrected chi connectivity index (χ2v) is 8.96. The van der Waals surface area contributed by atoms with Crippen LogP contribution in [0.1, 0.15) is 11.1 Å². The van der Waals surface area contributed by atoms with Crippen LogP contribution in [0.15, 0.2) is 63.5 Å². The Morgan fingerprint density at radius 1 is 1.19 bits per heavy atom. The second kappa shape index (κ2) is 8.64. The minimum Gasteiger partial charge on any atom is -0.497 e. The monoisotopic (exact) mass is 461 g/mol. The highest BCUT2D eigenvalue weighted by atomic mass is 32.2. The van der Waals surface area contributed by atoms with Crippen molar-refractivity contribution in [3.05, 3.63) is 65.4 Å². The van der Waals surface area contributed by atoms with E-state index in [-0.39, 0.29) is 29.6 Å². The average Bonchev–Trinajstić information content (AvgIpc) is 2.80. The summed E-state index contributed by atoms with van der Waals surface area (Å²) in [5.41, 5.74) is 1.41. The Labute approximate surface area is 186 Å². The Morgan fingerprint density at radius 3 is 2.69 bits per heavy atom. The van der Waals surface area contributed by atoms with Crippen molar-refractivity contribution in [2.24, 2.45) is 4.40 Å². The van der Waals surface area contributed by atoms with E-state index in [1.165, 1.54) is 32.4 Å². The van der Waals surface area contributed by atoms with Crippen molar-refractivity contribution in [3.8, 4) is 11.5 Å². The van der Waals surface area contributed by atoms with Gasteiger partial charge in [0.1, 0.15) is 36.1 Å². The van der Waals surface area contributed by atoms with E-state index in [1.807, 2.05) is 0 Å². The van der Waals surface area contributed by atoms with Crippen LogP contribution >= 0.6 is 0 Å². The number of fused-ring (bicyclic) bond motifs is 3. The van der Waals surface area contributed by atoms with Crippen molar-refractivity contribution in [3.63, 3.8) is 0 Å². The molecule has 0 saturated carbocycles. The summed E-state index contributed by atoms with van der Waals surface area (Å²) < 4.78 is 46.9. The molecular formula is C22H25N2O7S+. The molecule has 4 rings (SSSR count). The molecule has 0 aromatic heterocycles. The fourth-order valence-electron chi connectivity index (χ4n) is 4.05. The molecule has 2 aromatic rings. The summed E-state index contributed by atoms with van der Waals surface area (Å²) in [6.07, 6.45) is 1.52. The highest BCUT2D eigenvalue weighted by molar-refractivity contribution is 7.90. The molecule has 170 valence electrons. The van der Waals surface area contributed by atoms with E-state index >= 15 is 0 Å². The maximum absolute atomic E-state index is 13.3. The van der Waals surface area contributed by atoms with E-state index in [4.69, 9.17) is 14.2 Å². The van der Waals surface area contributed by atoms with Crippen LogP contribution in [0.4, 0.5) is 0 Å². The third-order valence-corrected chi connectivity index (χ3v) is 6.90. The van der Waals surface area contributed by atoms with Gasteiger partial charge in [0.05, 0.1) is 26.5 Å². The molecule has 2 aromatic carbocycles. The quantitative estimate of drug-likeness (QED) is 0.547. The van der Waals surface area contributed by atoms with Gasteiger partial charge in [-0.25, -0.2) is 0 Å². The molecule has 0 radical (unpaired) electrons. The third kappa shape index (κ3) is 3.80. The Morgan fingerprint density at radius 2 is 1.97 bits per heavy atom. The van der Waals surface area contributed by atoms with Gasteiger partial charge in [-0.2, -0.15) is 12.8 Å². The van der Waals surface area contributed by atoms with Crippen LogP contribution in [0, 0.1) is 0 Å². The van der Waals surface area contributed by atoms with E-state index in [0.29, 0.717) is 35.7 Å². The maximum Gasteiger partial charge on any atom is 0.286 e. The summed E-state index contributed by atoms with van der Waals surface area (Å²) in [7, 11) is -1.39. The van der Waals surface area contributed by atoms with E-state index in [9.17, 15) is 18.6 Å². The number of nitrogens with one attached hydrogen (secondary N) is 1. The number of morpholine rings is 1. The van der Waals surface area contributed by atoms with Crippen LogP contribution in [-0.2, 0) is 20.5 Å². The summed E-state index contributed by atoms with van der Waals surface area (Å²) in [6, 6.07) is 11.3. The molecule has 1 saturated heterocycles. The number of methoxy groups -OCH3 is 2. The zero-order valence-corrected chi connectivity index (χ0v) is 18.6. The first-order chi connectivity index (χ1) is 15.3. The molecular weight excluding hydrogens is 436 g/mol. The topological polar surface area (TPSA) is 119 Å². The predicted molar refractivity (Wildman–Crippen MR) is 115 cm³/mol. The lowest BCUT2D eigenvalue weighted by atomic mass is 9.86. The lowest BCUT2D eigenvalue weighted by Crippen LogP contribution is -3.14. The first-order valence-electron chi connectivity index (χ1n) is 10.1. The van der Waals surface area contributed by atoms with Gasteiger partial charge < -0.3 is 24.4 Å². The van der Waals surface area contributed by atoms with Gasteiger partial charge in [0.2, 0.25) is 0 Å². The Bertz CT molecular complexity index is 1190. The number of sulfonamides is 1. The molecule has 9 nitrogen and oxygen atoms in total. The van der Waals surface area contributed by atoms with Crippen LogP contribution < -0.4 is 14.4 Å². The molecule has 0 amide bonds. The Balaban J connectivity index is 1.91. The first kappa shape index (κ1) is 22.4. The molecule has 0 spiro atoms. The molecule has 0 bridgehead atoms. The van der Waals surface area contributed by atoms with Gasteiger partial charge in [-0.3, -0.25) is 4.90 Å². The normalized spacial score (nSPS) is 23.8. The molecule has 10 heteroatoms. The number of ether oxygens (including phenoxy) is 3. The van der Waals surface area contributed by atoms with E-state index in [1.54, 1.807) is 30.3 Å². The second-order valence-electron chi connectivity index (χ2n) is 7.39. The van der Waals surface area contributed by atoms with Crippen LogP contribution in [-0.4, -0.2) is 64.9 Å². The predicted octanol–water partition coefficient (Wildman–Crippen LogP) is -0.168. The average molecular weight is 462 g/mol. The summed E-state index contributed by atoms with van der Waals surface area (Å²) in [6.45, 7) is 1.03. The summed E-state index contributed by atoms with van der Waals surface area (Å²) in [5.74, 6) is -1.24. The molecule has 2 aliphatic rings. The molecule has 1 heterocycles. The number of aliphatic hydroxyl groups is 2. The van der Waals surface area contributed by atoms with Crippen molar-refractivity contribution in [2.75, 3.05) is 40.5 Å².